The van der Waals surface area contributed by atoms with Gasteiger partial charge < -0.3 is 9.47 Å². The van der Waals surface area contributed by atoms with Crippen LogP contribution in [0.25, 0.3) is 0 Å². The first kappa shape index (κ1) is 18.9. The van der Waals surface area contributed by atoms with Crippen molar-refractivity contribution < 1.29 is 26.7 Å². The molecule has 0 fully saturated rings. The summed E-state index contributed by atoms with van der Waals surface area (Å²) in [5.74, 6) is 0.368. The Hall–Kier alpha value is -1.90. The Bertz CT molecular complexity index is 921. The number of ether oxygens (including phenoxy) is 2. The molecule has 0 bridgehead atoms. The number of hydrogen-bond acceptors (Lipinski definition) is 4. The van der Waals surface area contributed by atoms with E-state index in [-0.39, 0.29) is 35.4 Å². The highest BCUT2D eigenvalue weighted by molar-refractivity contribution is 7.89. The SMILES string of the molecule is Cc1ccc2c(c1)CN(S(=O)(=O)c1ccc(OC(F)F)c(Cl)c1)CCO2. The fourth-order valence-corrected chi connectivity index (χ4v) is 4.41. The van der Waals surface area contributed by atoms with E-state index in [9.17, 15) is 17.2 Å². The van der Waals surface area contributed by atoms with Crippen LogP contribution in [0.2, 0.25) is 5.02 Å². The van der Waals surface area contributed by atoms with Crippen LogP contribution in [-0.4, -0.2) is 32.5 Å². The van der Waals surface area contributed by atoms with Gasteiger partial charge >= 0.3 is 6.61 Å². The van der Waals surface area contributed by atoms with Crippen molar-refractivity contribution in [1.29, 1.82) is 0 Å². The third-order valence-electron chi connectivity index (χ3n) is 3.92. The molecule has 0 saturated heterocycles. The first-order valence-corrected chi connectivity index (χ1v) is 9.56. The molecule has 3 rings (SSSR count). The Morgan fingerprint density at radius 1 is 1.23 bits per heavy atom. The lowest BCUT2D eigenvalue weighted by Crippen LogP contribution is -2.32. The summed E-state index contributed by atoms with van der Waals surface area (Å²) in [4.78, 5) is -0.0970. The maximum Gasteiger partial charge on any atom is 0.387 e. The van der Waals surface area contributed by atoms with Crippen LogP contribution >= 0.6 is 11.6 Å². The number of benzene rings is 2. The minimum atomic E-state index is -3.88. The molecule has 1 aliphatic heterocycles. The van der Waals surface area contributed by atoms with E-state index in [2.05, 4.69) is 4.74 Å². The summed E-state index contributed by atoms with van der Waals surface area (Å²) in [6.07, 6.45) is 0. The van der Waals surface area contributed by atoms with Gasteiger partial charge in [-0.05, 0) is 31.2 Å². The van der Waals surface area contributed by atoms with Crippen LogP contribution in [0.3, 0.4) is 0 Å². The minimum Gasteiger partial charge on any atom is -0.492 e. The van der Waals surface area contributed by atoms with E-state index in [1.54, 1.807) is 0 Å². The predicted octanol–water partition coefficient (Wildman–Crippen LogP) is 3.83. The molecule has 0 unspecified atom stereocenters. The molecule has 0 saturated carbocycles. The van der Waals surface area contributed by atoms with Gasteiger partial charge in [0.1, 0.15) is 18.1 Å². The highest BCUT2D eigenvalue weighted by atomic mass is 35.5. The molecule has 2 aromatic carbocycles. The van der Waals surface area contributed by atoms with Gasteiger partial charge in [0, 0.05) is 18.7 Å². The lowest BCUT2D eigenvalue weighted by Gasteiger charge is -2.20. The molecule has 0 spiro atoms. The van der Waals surface area contributed by atoms with Crippen LogP contribution < -0.4 is 9.47 Å². The molecule has 5 nitrogen and oxygen atoms in total. The van der Waals surface area contributed by atoms with Gasteiger partial charge in [-0.1, -0.05) is 29.3 Å². The highest BCUT2D eigenvalue weighted by Crippen LogP contribution is 2.32. The summed E-state index contributed by atoms with van der Waals surface area (Å²) in [5, 5.41) is -0.200. The van der Waals surface area contributed by atoms with E-state index < -0.39 is 16.6 Å². The standard InChI is InChI=1S/C17H16ClF2NO4S/c1-11-2-4-15-12(8-11)10-21(6-7-24-15)26(22,23)13-3-5-16(14(18)9-13)25-17(19)20/h2-5,8-9,17H,6-7,10H2,1H3. The Morgan fingerprint density at radius 3 is 2.69 bits per heavy atom. The Labute approximate surface area is 155 Å². The van der Waals surface area contributed by atoms with Crippen LogP contribution in [-0.2, 0) is 16.6 Å². The maximum absolute atomic E-state index is 12.9. The zero-order valence-corrected chi connectivity index (χ0v) is 15.4. The van der Waals surface area contributed by atoms with Crippen molar-refractivity contribution in [2.75, 3.05) is 13.2 Å². The molecule has 0 aromatic heterocycles. The molecule has 26 heavy (non-hydrogen) atoms. The molecule has 1 aliphatic rings. The van der Waals surface area contributed by atoms with Crippen molar-refractivity contribution in [2.24, 2.45) is 0 Å². The van der Waals surface area contributed by atoms with E-state index in [1.807, 2.05) is 25.1 Å². The Morgan fingerprint density at radius 2 is 2.00 bits per heavy atom. The summed E-state index contributed by atoms with van der Waals surface area (Å²) in [5.41, 5.74) is 1.75. The lowest BCUT2D eigenvalue weighted by molar-refractivity contribution is -0.0498. The fraction of sp³-hybridized carbons (Fsp3) is 0.294. The Kier molecular flexibility index (Phi) is 5.36. The zero-order chi connectivity index (χ0) is 18.9. The summed E-state index contributed by atoms with van der Waals surface area (Å²) >= 11 is 5.89. The molecule has 0 amide bonds. The molecular formula is C17H16ClF2NO4S. The van der Waals surface area contributed by atoms with E-state index in [1.165, 1.54) is 10.4 Å². The second kappa shape index (κ2) is 7.38. The third-order valence-corrected chi connectivity index (χ3v) is 6.05. The van der Waals surface area contributed by atoms with Gasteiger partial charge in [-0.25, -0.2) is 8.42 Å². The largest absolute Gasteiger partial charge is 0.492 e. The van der Waals surface area contributed by atoms with Crippen molar-refractivity contribution in [3.63, 3.8) is 0 Å². The molecule has 0 aliphatic carbocycles. The molecular weight excluding hydrogens is 388 g/mol. The second-order valence-corrected chi connectivity index (χ2v) is 8.11. The smallest absolute Gasteiger partial charge is 0.387 e. The molecule has 140 valence electrons. The number of nitrogens with zero attached hydrogens (tertiary/aromatic N) is 1. The normalized spacial score (nSPS) is 15.3. The highest BCUT2D eigenvalue weighted by Gasteiger charge is 2.28. The first-order chi connectivity index (χ1) is 12.3. The average molecular weight is 404 g/mol. The number of halogens is 3. The van der Waals surface area contributed by atoms with Crippen LogP contribution in [0.4, 0.5) is 8.78 Å². The molecule has 2 aromatic rings. The molecule has 0 radical (unpaired) electrons. The number of rotatable bonds is 4. The number of sulfonamides is 1. The quantitative estimate of drug-likeness (QED) is 0.778. The van der Waals surface area contributed by atoms with Crippen LogP contribution in [0, 0.1) is 6.92 Å². The van der Waals surface area contributed by atoms with E-state index in [0.29, 0.717) is 5.75 Å². The van der Waals surface area contributed by atoms with Gasteiger partial charge in [0.2, 0.25) is 10.0 Å². The minimum absolute atomic E-state index is 0.0970. The summed E-state index contributed by atoms with van der Waals surface area (Å²) in [6, 6.07) is 9.00. The summed E-state index contributed by atoms with van der Waals surface area (Å²) in [7, 11) is -3.88. The van der Waals surface area contributed by atoms with Crippen molar-refractivity contribution in [1.82, 2.24) is 4.31 Å². The van der Waals surface area contributed by atoms with Crippen molar-refractivity contribution in [2.45, 2.75) is 25.0 Å². The topological polar surface area (TPSA) is 55.8 Å². The number of aryl methyl sites for hydroxylation is 1. The first-order valence-electron chi connectivity index (χ1n) is 7.74. The van der Waals surface area contributed by atoms with Crippen LogP contribution in [0.1, 0.15) is 11.1 Å². The van der Waals surface area contributed by atoms with Gasteiger partial charge in [0.25, 0.3) is 0 Å². The second-order valence-electron chi connectivity index (χ2n) is 5.77. The van der Waals surface area contributed by atoms with Crippen molar-refractivity contribution in [3.05, 3.63) is 52.5 Å². The summed E-state index contributed by atoms with van der Waals surface area (Å²) < 4.78 is 61.7. The molecule has 0 N–H and O–H groups in total. The average Bonchev–Trinajstić information content (AvgIpc) is 2.78. The third kappa shape index (κ3) is 3.92. The van der Waals surface area contributed by atoms with Gasteiger partial charge in [-0.15, -0.1) is 0 Å². The van der Waals surface area contributed by atoms with Gasteiger partial charge in [-0.3, -0.25) is 0 Å². The van der Waals surface area contributed by atoms with Crippen molar-refractivity contribution >= 4 is 21.6 Å². The van der Waals surface area contributed by atoms with Gasteiger partial charge in [0.05, 0.1) is 9.92 Å². The van der Waals surface area contributed by atoms with E-state index >= 15 is 0 Å². The number of hydrogen-bond donors (Lipinski definition) is 0. The van der Waals surface area contributed by atoms with E-state index in [4.69, 9.17) is 16.3 Å². The predicted molar refractivity (Wildman–Crippen MR) is 92.4 cm³/mol. The molecule has 0 atom stereocenters. The summed E-state index contributed by atoms with van der Waals surface area (Å²) in [6.45, 7) is -0.631. The van der Waals surface area contributed by atoms with Gasteiger partial charge in [0.15, 0.2) is 0 Å². The van der Waals surface area contributed by atoms with Crippen molar-refractivity contribution in [3.8, 4) is 11.5 Å². The monoisotopic (exact) mass is 403 g/mol. The van der Waals surface area contributed by atoms with Crippen LogP contribution in [0.15, 0.2) is 41.3 Å². The molecule has 9 heteroatoms. The fourth-order valence-electron chi connectivity index (χ4n) is 2.69. The number of fused-ring (bicyclic) bond motifs is 1. The molecule has 1 heterocycles. The lowest BCUT2D eigenvalue weighted by atomic mass is 10.1. The van der Waals surface area contributed by atoms with Crippen LogP contribution in [0.5, 0.6) is 11.5 Å². The maximum atomic E-state index is 12.9. The van der Waals surface area contributed by atoms with E-state index in [0.717, 1.165) is 23.3 Å². The van der Waals surface area contributed by atoms with Gasteiger partial charge in [-0.2, -0.15) is 13.1 Å². The Balaban J connectivity index is 1.91. The zero-order valence-electron chi connectivity index (χ0n) is 13.8. The number of alkyl halides is 2.